The van der Waals surface area contributed by atoms with E-state index in [1.54, 1.807) is 12.1 Å². The number of hydrogen-bond donors (Lipinski definition) is 2. The molecular weight excluding hydrogens is 269 g/mol. The third-order valence-corrected chi connectivity index (χ3v) is 2.84. The first-order valence-electron chi connectivity index (χ1n) is 4.01. The fourth-order valence-corrected chi connectivity index (χ4v) is 2.06. The highest BCUT2D eigenvalue weighted by Gasteiger charge is 2.13. The van der Waals surface area contributed by atoms with Crippen molar-refractivity contribution in [2.75, 3.05) is 13.7 Å². The predicted molar refractivity (Wildman–Crippen MR) is 59.7 cm³/mol. The van der Waals surface area contributed by atoms with Crippen molar-refractivity contribution in [1.29, 1.82) is 0 Å². The summed E-state index contributed by atoms with van der Waals surface area (Å²) in [5, 5.41) is 10.1. The van der Waals surface area contributed by atoms with E-state index in [0.717, 1.165) is 4.47 Å². The molecular formula is C9H11BrClNO2. The Kier molecular flexibility index (Phi) is 4.19. The average molecular weight is 281 g/mol. The molecule has 1 aromatic carbocycles. The molecule has 14 heavy (non-hydrogen) atoms. The maximum atomic E-state index is 9.57. The molecule has 1 rings (SSSR count). The molecule has 3 N–H and O–H groups in total. The van der Waals surface area contributed by atoms with Gasteiger partial charge < -0.3 is 15.6 Å². The van der Waals surface area contributed by atoms with Gasteiger partial charge in [-0.05, 0) is 17.7 Å². The number of rotatable bonds is 3. The van der Waals surface area contributed by atoms with Crippen molar-refractivity contribution < 1.29 is 9.84 Å². The maximum absolute atomic E-state index is 9.57. The fraction of sp³-hybridized carbons (Fsp3) is 0.333. The van der Waals surface area contributed by atoms with Crippen LogP contribution in [0.3, 0.4) is 0 Å². The lowest BCUT2D eigenvalue weighted by Gasteiger charge is -2.13. The molecule has 0 amide bonds. The van der Waals surface area contributed by atoms with Crippen LogP contribution in [0.25, 0.3) is 0 Å². The Balaban J connectivity index is 3.17. The Labute approximate surface area is 95.9 Å². The van der Waals surface area contributed by atoms with Gasteiger partial charge in [-0.2, -0.15) is 0 Å². The Morgan fingerprint density at radius 2 is 2.29 bits per heavy atom. The minimum Gasteiger partial charge on any atom is -0.495 e. The first-order chi connectivity index (χ1) is 6.60. The number of aliphatic hydroxyl groups is 1. The van der Waals surface area contributed by atoms with Gasteiger partial charge in [0.1, 0.15) is 5.75 Å². The molecule has 3 nitrogen and oxygen atoms in total. The van der Waals surface area contributed by atoms with Crippen LogP contribution in [0.5, 0.6) is 5.75 Å². The SMILES string of the molecule is COc1cc(C(O)CN)c(Br)cc1Cl. The summed E-state index contributed by atoms with van der Waals surface area (Å²) in [5.41, 5.74) is 6.03. The molecule has 1 atom stereocenters. The Hall–Kier alpha value is -0.290. The van der Waals surface area contributed by atoms with Crippen LogP contribution in [-0.4, -0.2) is 18.8 Å². The molecule has 0 saturated heterocycles. The molecule has 0 aliphatic carbocycles. The molecule has 0 aliphatic rings. The summed E-state index contributed by atoms with van der Waals surface area (Å²) in [7, 11) is 1.52. The molecule has 0 aliphatic heterocycles. The van der Waals surface area contributed by atoms with E-state index in [1.165, 1.54) is 7.11 Å². The van der Waals surface area contributed by atoms with Crippen LogP contribution in [0.15, 0.2) is 16.6 Å². The highest BCUT2D eigenvalue weighted by molar-refractivity contribution is 9.10. The van der Waals surface area contributed by atoms with Gasteiger partial charge in [-0.1, -0.05) is 27.5 Å². The van der Waals surface area contributed by atoms with E-state index in [4.69, 9.17) is 22.1 Å². The van der Waals surface area contributed by atoms with Crippen molar-refractivity contribution in [3.63, 3.8) is 0 Å². The Morgan fingerprint density at radius 1 is 1.64 bits per heavy atom. The summed E-state index contributed by atoms with van der Waals surface area (Å²) < 4.78 is 5.75. The van der Waals surface area contributed by atoms with Gasteiger partial charge in [0.15, 0.2) is 0 Å². The number of halogens is 2. The number of methoxy groups -OCH3 is 1. The zero-order chi connectivity index (χ0) is 10.7. The summed E-state index contributed by atoms with van der Waals surface area (Å²) in [4.78, 5) is 0. The van der Waals surface area contributed by atoms with Gasteiger partial charge in [0, 0.05) is 11.0 Å². The van der Waals surface area contributed by atoms with Crippen LogP contribution >= 0.6 is 27.5 Å². The monoisotopic (exact) mass is 279 g/mol. The van der Waals surface area contributed by atoms with E-state index in [1.807, 2.05) is 0 Å². The second-order valence-corrected chi connectivity index (χ2v) is 4.02. The standard InChI is InChI=1S/C9H11BrClNO2/c1-14-9-2-5(8(13)4-12)6(10)3-7(9)11/h2-3,8,13H,4,12H2,1H3. The quantitative estimate of drug-likeness (QED) is 0.891. The minimum absolute atomic E-state index is 0.156. The lowest BCUT2D eigenvalue weighted by Crippen LogP contribution is -2.12. The second-order valence-electron chi connectivity index (χ2n) is 2.76. The number of ether oxygens (including phenoxy) is 1. The van der Waals surface area contributed by atoms with Gasteiger partial charge in [0.25, 0.3) is 0 Å². The van der Waals surface area contributed by atoms with Crippen molar-refractivity contribution in [1.82, 2.24) is 0 Å². The van der Waals surface area contributed by atoms with Gasteiger partial charge in [0.05, 0.1) is 18.2 Å². The summed E-state index contributed by atoms with van der Waals surface area (Å²) in [5.74, 6) is 0.525. The van der Waals surface area contributed by atoms with Gasteiger partial charge >= 0.3 is 0 Å². The molecule has 1 aromatic rings. The van der Waals surface area contributed by atoms with Gasteiger partial charge in [-0.25, -0.2) is 0 Å². The molecule has 0 fully saturated rings. The van der Waals surface area contributed by atoms with Crippen LogP contribution in [0, 0.1) is 0 Å². The van der Waals surface area contributed by atoms with Crippen LogP contribution in [-0.2, 0) is 0 Å². The van der Waals surface area contributed by atoms with E-state index in [2.05, 4.69) is 15.9 Å². The molecule has 0 aromatic heterocycles. The largest absolute Gasteiger partial charge is 0.495 e. The number of hydrogen-bond acceptors (Lipinski definition) is 3. The van der Waals surface area contributed by atoms with Crippen molar-refractivity contribution >= 4 is 27.5 Å². The molecule has 0 saturated carbocycles. The van der Waals surface area contributed by atoms with E-state index in [9.17, 15) is 5.11 Å². The third kappa shape index (κ3) is 2.39. The second kappa shape index (κ2) is 4.98. The van der Waals surface area contributed by atoms with Crippen LogP contribution in [0.4, 0.5) is 0 Å². The van der Waals surface area contributed by atoms with Crippen LogP contribution in [0.1, 0.15) is 11.7 Å². The summed E-state index contributed by atoms with van der Waals surface area (Å²) in [6, 6.07) is 3.35. The van der Waals surface area contributed by atoms with Crippen LogP contribution < -0.4 is 10.5 Å². The average Bonchev–Trinajstić information content (AvgIpc) is 2.17. The summed E-state index contributed by atoms with van der Waals surface area (Å²) in [6.45, 7) is 0.156. The van der Waals surface area contributed by atoms with Gasteiger partial charge in [-0.15, -0.1) is 0 Å². The third-order valence-electron chi connectivity index (χ3n) is 1.85. The van der Waals surface area contributed by atoms with Crippen molar-refractivity contribution in [3.05, 3.63) is 27.2 Å². The first-order valence-corrected chi connectivity index (χ1v) is 5.18. The van der Waals surface area contributed by atoms with Crippen LogP contribution in [0.2, 0.25) is 5.02 Å². The van der Waals surface area contributed by atoms with Crippen molar-refractivity contribution in [3.8, 4) is 5.75 Å². The van der Waals surface area contributed by atoms with E-state index in [-0.39, 0.29) is 6.54 Å². The fourth-order valence-electron chi connectivity index (χ4n) is 1.08. The van der Waals surface area contributed by atoms with E-state index in [0.29, 0.717) is 16.3 Å². The smallest absolute Gasteiger partial charge is 0.137 e. The normalized spacial score (nSPS) is 12.6. The Bertz CT molecular complexity index is 333. The summed E-state index contributed by atoms with van der Waals surface area (Å²) >= 11 is 9.18. The minimum atomic E-state index is -0.712. The summed E-state index contributed by atoms with van der Waals surface area (Å²) in [6.07, 6.45) is -0.712. The molecule has 78 valence electrons. The lowest BCUT2D eigenvalue weighted by molar-refractivity contribution is 0.185. The highest BCUT2D eigenvalue weighted by atomic mass is 79.9. The number of aliphatic hydroxyl groups excluding tert-OH is 1. The van der Waals surface area contributed by atoms with Crippen molar-refractivity contribution in [2.45, 2.75) is 6.10 Å². The predicted octanol–water partition coefficient (Wildman–Crippen LogP) is 2.10. The van der Waals surface area contributed by atoms with E-state index < -0.39 is 6.10 Å². The molecule has 0 bridgehead atoms. The van der Waals surface area contributed by atoms with Gasteiger partial charge in [-0.3, -0.25) is 0 Å². The molecule has 0 spiro atoms. The number of benzene rings is 1. The first kappa shape index (κ1) is 11.8. The zero-order valence-corrected chi connectivity index (χ0v) is 9.97. The Morgan fingerprint density at radius 3 is 2.79 bits per heavy atom. The lowest BCUT2D eigenvalue weighted by atomic mass is 10.1. The maximum Gasteiger partial charge on any atom is 0.137 e. The topological polar surface area (TPSA) is 55.5 Å². The van der Waals surface area contributed by atoms with Crippen molar-refractivity contribution in [2.24, 2.45) is 5.73 Å². The van der Waals surface area contributed by atoms with Gasteiger partial charge in [0.2, 0.25) is 0 Å². The number of nitrogens with two attached hydrogens (primary N) is 1. The molecule has 0 heterocycles. The molecule has 5 heteroatoms. The van der Waals surface area contributed by atoms with E-state index >= 15 is 0 Å². The molecule has 1 unspecified atom stereocenters. The highest BCUT2D eigenvalue weighted by Crippen LogP contribution is 2.33. The zero-order valence-electron chi connectivity index (χ0n) is 7.63. The molecule has 0 radical (unpaired) electrons.